The Morgan fingerprint density at radius 3 is 0.465 bits per heavy atom. The van der Waals surface area contributed by atoms with Crippen LogP contribution in [0, 0.1) is 0 Å². The van der Waals surface area contributed by atoms with Crippen molar-refractivity contribution in [3.05, 3.63) is 385 Å². The molecule has 0 spiro atoms. The summed E-state index contributed by atoms with van der Waals surface area (Å²) in [6, 6.07) is 102. The number of nitrogens with zero attached hydrogens (tertiary/aromatic N) is 15. The first-order valence-corrected chi connectivity index (χ1v) is 47.2. The van der Waals surface area contributed by atoms with Crippen molar-refractivity contribution >= 4 is 65.4 Å². The first-order chi connectivity index (χ1) is 63.8. The van der Waals surface area contributed by atoms with Gasteiger partial charge in [0.15, 0.2) is 0 Å². The summed E-state index contributed by atoms with van der Waals surface area (Å²) in [7, 11) is 0. The Morgan fingerprint density at radius 1 is 0.155 bits per heavy atom. The minimum Gasteiger partial charge on any atom is -0.294 e. The fourth-order valence-electron chi connectivity index (χ4n) is 9.67. The predicted octanol–water partition coefficient (Wildman–Crippen LogP) is 34.9. The topological polar surface area (TPSA) is 169 Å². The molecule has 0 aliphatic carbocycles. The summed E-state index contributed by atoms with van der Waals surface area (Å²) in [5, 5.41) is 7.52. The van der Waals surface area contributed by atoms with Gasteiger partial charge in [0, 0.05) is 69.5 Å². The Bertz CT molecular complexity index is 4150. The molecule has 0 aliphatic heterocycles. The summed E-state index contributed by atoms with van der Waals surface area (Å²) >= 11 is 0. The van der Waals surface area contributed by atoms with Crippen molar-refractivity contribution in [2.45, 2.75) is 246 Å². The summed E-state index contributed by atoms with van der Waals surface area (Å²) in [6.45, 7) is 61.5. The second-order valence-electron chi connectivity index (χ2n) is 23.7. The molecule has 9 heterocycles. The van der Waals surface area contributed by atoms with Gasteiger partial charge in [0.25, 0.3) is 0 Å². The lowest BCUT2D eigenvalue weighted by atomic mass is 10.2. The molecule has 0 amide bonds. The van der Waals surface area contributed by atoms with Gasteiger partial charge in [0.05, 0.1) is 33.1 Å². The summed E-state index contributed by atoms with van der Waals surface area (Å²) in [5.74, 6) is 2.62. The lowest BCUT2D eigenvalue weighted by Crippen LogP contribution is -1.99. The molecule has 0 unspecified atom stereocenters. The van der Waals surface area contributed by atoms with Gasteiger partial charge in [-0.2, -0.15) is 0 Å². The second-order valence-corrected chi connectivity index (χ2v) is 23.7. The highest BCUT2D eigenvalue weighted by Gasteiger charge is 2.14. The van der Waals surface area contributed by atoms with E-state index >= 15 is 0 Å². The summed E-state index contributed by atoms with van der Waals surface area (Å²) < 4.78 is 6.53. The van der Waals surface area contributed by atoms with Gasteiger partial charge in [-0.15, -0.1) is 0 Å². The first kappa shape index (κ1) is 127. The number of aromatic nitrogens is 15. The van der Waals surface area contributed by atoms with Gasteiger partial charge in [-0.1, -0.05) is 477 Å². The first-order valence-electron chi connectivity index (χ1n) is 47.2. The highest BCUT2D eigenvalue weighted by Crippen LogP contribution is 2.33. The van der Waals surface area contributed by atoms with E-state index in [9.17, 15) is 0 Å². The Morgan fingerprint density at radius 2 is 0.310 bits per heavy atom. The molecule has 129 heavy (non-hydrogen) atoms. The van der Waals surface area contributed by atoms with Crippen LogP contribution in [0.3, 0.4) is 0 Å². The van der Waals surface area contributed by atoms with Crippen molar-refractivity contribution < 1.29 is 0 Å². The molecule has 0 fully saturated rings. The number of fused-ring (bicyclic) bond motifs is 9. The van der Waals surface area contributed by atoms with Crippen LogP contribution >= 0.6 is 0 Å². The molecule has 15 nitrogen and oxygen atoms in total. The highest BCUT2D eigenvalue weighted by molar-refractivity contribution is 6.11. The summed E-state index contributed by atoms with van der Waals surface area (Å²) in [5.41, 5.74) is 7.06. The summed E-state index contributed by atoms with van der Waals surface area (Å²) in [6.07, 6.45) is 28.2. The monoisotopic (exact) mass is 1740 g/mol. The van der Waals surface area contributed by atoms with Crippen LogP contribution in [0.2, 0.25) is 0 Å². The normalized spacial score (nSPS) is 8.42. The number of rotatable bonds is 3. The van der Waals surface area contributed by atoms with Gasteiger partial charge >= 0.3 is 0 Å². The average molecular weight is 1750 g/mol. The van der Waals surface area contributed by atoms with Crippen LogP contribution in [0.4, 0.5) is 0 Å². The van der Waals surface area contributed by atoms with E-state index in [0.29, 0.717) is 5.95 Å². The molecule has 15 heteroatoms. The third-order valence-electron chi connectivity index (χ3n) is 13.5. The van der Waals surface area contributed by atoms with E-state index in [1.807, 2.05) is 301 Å². The van der Waals surface area contributed by atoms with Gasteiger partial charge in [-0.3, -0.25) is 13.7 Å². The molecule has 18 rings (SSSR count). The standard InChI is InChI=1S/2C17H12N2.C16H11N3.3C6H6.C4H4N2.2C3H3N3.6C3H8.9C2H6/c2*1-3-9-15-13(7-1)14-8-2-4-10-16(14)19(15)17-11-5-6-12-18-17;1-3-8-14-12(6-1)13-7-2-4-9-15(13)19(14)16-17-10-5-11-18-16;3*1-2-4-6-5-3-1;1-2-5-4-6-3-1;2*1-4-2-6-3-5-1;6*1-3-2;9*1-2/h2*1-12H;1-11H;3*1-6H;1-4H;2*1-3H;6*3H2,1-2H3;9*1-2H3. The van der Waals surface area contributed by atoms with Crippen LogP contribution < -0.4 is 0 Å². The Labute approximate surface area is 782 Å². The van der Waals surface area contributed by atoms with Gasteiger partial charge in [0.2, 0.25) is 5.95 Å². The minimum absolute atomic E-state index is 0.708. The third-order valence-corrected chi connectivity index (χ3v) is 13.5. The number of pyridine rings is 2. The second kappa shape index (κ2) is 100. The van der Waals surface area contributed by atoms with Gasteiger partial charge in [0.1, 0.15) is 55.9 Å². The van der Waals surface area contributed by atoms with Crippen molar-refractivity contribution in [1.82, 2.24) is 73.5 Å². The molecule has 9 aromatic heterocycles. The minimum atomic E-state index is 0.708. The lowest BCUT2D eigenvalue weighted by molar-refractivity contribution is 0.988. The van der Waals surface area contributed by atoms with Gasteiger partial charge in [-0.05, 0) is 72.8 Å². The van der Waals surface area contributed by atoms with Gasteiger partial charge < -0.3 is 0 Å². The zero-order valence-electron chi connectivity index (χ0n) is 84.8. The molecule has 9 aromatic carbocycles. The highest BCUT2D eigenvalue weighted by atomic mass is 15.1. The van der Waals surface area contributed by atoms with Crippen molar-refractivity contribution in [1.29, 1.82) is 0 Å². The van der Waals surface area contributed by atoms with Gasteiger partial charge in [-0.25, -0.2) is 59.8 Å². The van der Waals surface area contributed by atoms with E-state index in [-0.39, 0.29) is 0 Å². The third kappa shape index (κ3) is 56.5. The number of benzene rings is 9. The molecule has 0 saturated heterocycles. The molecule has 0 radical (unpaired) electrons. The molecule has 0 saturated carbocycles. The van der Waals surface area contributed by atoms with Crippen LogP contribution in [0.5, 0.6) is 0 Å². The summed E-state index contributed by atoms with van der Waals surface area (Å²) in [4.78, 5) is 46.4. The smallest absolute Gasteiger partial charge is 0.234 e. The van der Waals surface area contributed by atoms with Crippen LogP contribution in [-0.2, 0) is 0 Å². The Balaban J connectivity index is -0.000000326. The molecule has 0 bridgehead atoms. The van der Waals surface area contributed by atoms with Crippen LogP contribution in [-0.4, -0.2) is 73.5 Å². The lowest BCUT2D eigenvalue weighted by Gasteiger charge is -2.05. The Hall–Kier alpha value is -13.1. The largest absolute Gasteiger partial charge is 0.294 e. The zero-order chi connectivity index (χ0) is 97.7. The van der Waals surface area contributed by atoms with Crippen molar-refractivity contribution in [3.63, 3.8) is 0 Å². The average Bonchev–Trinajstić information content (AvgIpc) is 1.62. The fraction of sp³-hybridized carbons (Fsp3) is 0.316. The van der Waals surface area contributed by atoms with Crippen LogP contribution in [0.1, 0.15) is 246 Å². The van der Waals surface area contributed by atoms with E-state index in [1.54, 1.807) is 30.9 Å². The maximum atomic E-state index is 4.48. The predicted molar refractivity (Wildman–Crippen MR) is 572 cm³/mol. The van der Waals surface area contributed by atoms with E-state index in [2.05, 4.69) is 290 Å². The maximum absolute atomic E-state index is 4.48. The molecule has 0 aliphatic rings. The number of para-hydroxylation sites is 6. The van der Waals surface area contributed by atoms with Crippen molar-refractivity contribution in [2.24, 2.45) is 0 Å². The van der Waals surface area contributed by atoms with Crippen LogP contribution in [0.25, 0.3) is 83.0 Å². The van der Waals surface area contributed by atoms with E-state index in [4.69, 9.17) is 0 Å². The van der Waals surface area contributed by atoms with Crippen molar-refractivity contribution in [3.8, 4) is 17.6 Å². The SMILES string of the molecule is CC.CC.CC.CC.CC.CC.CC.CC.CC.CCC.CCC.CCC.CCC.CCC.CCC.c1ccc(-n2c3ccccc3c3ccccc32)nc1.c1ccc(-n2c3ccccc3c3ccccc32)nc1.c1ccccc1.c1ccccc1.c1ccccc1.c1cnc(-n2c3ccccc3c3ccccc32)nc1.c1cncnc1.c1ncncn1.c1ncncn1. The van der Waals surface area contributed by atoms with E-state index in [1.165, 1.54) is 137 Å². The molecule has 0 atom stereocenters. The molecule has 0 N–H and O–H groups in total. The van der Waals surface area contributed by atoms with E-state index in [0.717, 1.165) is 22.7 Å². The Kier molecular flexibility index (Phi) is 98.4. The zero-order valence-corrected chi connectivity index (χ0v) is 84.8. The molecular formula is C114H165N15. The maximum Gasteiger partial charge on any atom is 0.234 e. The fourth-order valence-corrected chi connectivity index (χ4v) is 9.67. The quantitative estimate of drug-likeness (QED) is 0.164. The molecular weight excluding hydrogens is 1580 g/mol. The van der Waals surface area contributed by atoms with Crippen molar-refractivity contribution in [2.75, 3.05) is 0 Å². The number of hydrogen-bond donors (Lipinski definition) is 0. The molecule has 18 aromatic rings. The van der Waals surface area contributed by atoms with E-state index < -0.39 is 0 Å². The number of hydrogen-bond acceptors (Lipinski definition) is 12. The van der Waals surface area contributed by atoms with Crippen LogP contribution in [0.15, 0.2) is 385 Å². The molecule has 696 valence electrons.